The lowest BCUT2D eigenvalue weighted by Gasteiger charge is -2.03. The number of nitrogens with one attached hydrogen (secondary N) is 1. The van der Waals surface area contributed by atoms with Crippen molar-refractivity contribution in [3.63, 3.8) is 0 Å². The van der Waals surface area contributed by atoms with Gasteiger partial charge >= 0.3 is 0 Å². The molecule has 0 unspecified atom stereocenters. The molecule has 1 N–H and O–H groups in total. The van der Waals surface area contributed by atoms with E-state index in [1.165, 1.54) is 6.08 Å². The van der Waals surface area contributed by atoms with Gasteiger partial charge in [0.15, 0.2) is 0 Å². The molecule has 0 fully saturated rings. The van der Waals surface area contributed by atoms with Crippen LogP contribution in [0.3, 0.4) is 0 Å². The number of hydrogen-bond donors (Lipinski definition) is 1. The van der Waals surface area contributed by atoms with E-state index in [0.29, 0.717) is 11.6 Å². The Balaban J connectivity index is 1.71. The molecule has 0 saturated heterocycles. The van der Waals surface area contributed by atoms with Gasteiger partial charge < -0.3 is 5.32 Å². The predicted octanol–water partition coefficient (Wildman–Crippen LogP) is 2.76. The quantitative estimate of drug-likeness (QED) is 0.656. The van der Waals surface area contributed by atoms with Crippen LogP contribution >= 0.6 is 11.6 Å². The lowest BCUT2D eigenvalue weighted by molar-refractivity contribution is -0.116. The highest BCUT2D eigenvalue weighted by molar-refractivity contribution is 6.32. The number of carbonyl (C=O) groups excluding carboxylic acids is 1. The van der Waals surface area contributed by atoms with E-state index in [9.17, 15) is 4.79 Å². The van der Waals surface area contributed by atoms with Gasteiger partial charge in [0, 0.05) is 36.6 Å². The molecule has 0 aliphatic rings. The molecular weight excluding hydrogens is 274 g/mol. The van der Waals surface area contributed by atoms with Gasteiger partial charge in [-0.3, -0.25) is 9.48 Å². The number of benzene rings is 1. The number of halogens is 1. The summed E-state index contributed by atoms with van der Waals surface area (Å²) in [5.74, 6) is -0.120. The Bertz CT molecular complexity index is 579. The van der Waals surface area contributed by atoms with Crippen molar-refractivity contribution in [1.82, 2.24) is 15.1 Å². The fraction of sp³-hybridized carbons (Fsp3) is 0.200. The van der Waals surface area contributed by atoms with Crippen LogP contribution in [0.4, 0.5) is 0 Å². The standard InChI is InChI=1S/C15H16ClN3O/c16-14-6-2-1-5-13(14)7-8-15(20)17-9-3-11-19-12-4-10-18-19/h1-2,4-8,10,12H,3,9,11H2,(H,17,20)/b8-7+. The second-order valence-electron chi connectivity index (χ2n) is 4.27. The molecule has 2 rings (SSSR count). The minimum absolute atomic E-state index is 0.120. The molecule has 1 amide bonds. The van der Waals surface area contributed by atoms with Crippen LogP contribution in [0.1, 0.15) is 12.0 Å². The molecule has 2 aromatic rings. The smallest absolute Gasteiger partial charge is 0.244 e. The van der Waals surface area contributed by atoms with Crippen LogP contribution in [-0.4, -0.2) is 22.2 Å². The van der Waals surface area contributed by atoms with Gasteiger partial charge in [0.1, 0.15) is 0 Å². The molecular formula is C15H16ClN3O. The Morgan fingerprint density at radius 3 is 2.95 bits per heavy atom. The highest BCUT2D eigenvalue weighted by Gasteiger charge is 1.97. The zero-order valence-electron chi connectivity index (χ0n) is 11.0. The summed E-state index contributed by atoms with van der Waals surface area (Å²) in [6.45, 7) is 1.41. The van der Waals surface area contributed by atoms with E-state index in [1.807, 2.05) is 35.1 Å². The minimum atomic E-state index is -0.120. The third-order valence-electron chi connectivity index (χ3n) is 2.74. The van der Waals surface area contributed by atoms with E-state index in [2.05, 4.69) is 10.4 Å². The normalized spacial score (nSPS) is 10.8. The maximum absolute atomic E-state index is 11.6. The average Bonchev–Trinajstić information content (AvgIpc) is 2.96. The van der Waals surface area contributed by atoms with E-state index < -0.39 is 0 Å². The number of aryl methyl sites for hydroxylation is 1. The summed E-state index contributed by atoms with van der Waals surface area (Å²) in [6.07, 6.45) is 7.69. The molecule has 0 atom stereocenters. The fourth-order valence-corrected chi connectivity index (χ4v) is 1.92. The Labute approximate surface area is 123 Å². The number of nitrogens with zero attached hydrogens (tertiary/aromatic N) is 2. The SMILES string of the molecule is O=C(/C=C/c1ccccc1Cl)NCCCn1cccn1. The van der Waals surface area contributed by atoms with Crippen molar-refractivity contribution >= 4 is 23.6 Å². The van der Waals surface area contributed by atoms with Crippen molar-refractivity contribution in [1.29, 1.82) is 0 Å². The first-order valence-electron chi connectivity index (χ1n) is 6.43. The topological polar surface area (TPSA) is 46.9 Å². The lowest BCUT2D eigenvalue weighted by atomic mass is 10.2. The first kappa shape index (κ1) is 14.3. The van der Waals surface area contributed by atoms with Crippen LogP contribution in [0.2, 0.25) is 5.02 Å². The summed E-state index contributed by atoms with van der Waals surface area (Å²) in [5.41, 5.74) is 0.834. The van der Waals surface area contributed by atoms with E-state index >= 15 is 0 Å². The van der Waals surface area contributed by atoms with Crippen LogP contribution < -0.4 is 5.32 Å². The molecule has 1 heterocycles. The molecule has 0 spiro atoms. The van der Waals surface area contributed by atoms with E-state index in [0.717, 1.165) is 18.5 Å². The highest BCUT2D eigenvalue weighted by atomic mass is 35.5. The van der Waals surface area contributed by atoms with Crippen LogP contribution in [0.25, 0.3) is 6.08 Å². The van der Waals surface area contributed by atoms with Crippen molar-refractivity contribution in [3.05, 3.63) is 59.4 Å². The molecule has 20 heavy (non-hydrogen) atoms. The number of rotatable bonds is 6. The van der Waals surface area contributed by atoms with Gasteiger partial charge in [-0.1, -0.05) is 29.8 Å². The Morgan fingerprint density at radius 2 is 2.20 bits per heavy atom. The summed E-state index contributed by atoms with van der Waals surface area (Å²) in [5, 5.41) is 7.55. The third-order valence-corrected chi connectivity index (χ3v) is 3.09. The first-order valence-corrected chi connectivity index (χ1v) is 6.81. The monoisotopic (exact) mass is 289 g/mol. The lowest BCUT2D eigenvalue weighted by Crippen LogP contribution is -2.23. The van der Waals surface area contributed by atoms with E-state index in [-0.39, 0.29) is 5.91 Å². The van der Waals surface area contributed by atoms with Crippen molar-refractivity contribution in [3.8, 4) is 0 Å². The van der Waals surface area contributed by atoms with Gasteiger partial charge in [-0.05, 0) is 30.2 Å². The van der Waals surface area contributed by atoms with Crippen LogP contribution in [-0.2, 0) is 11.3 Å². The molecule has 0 saturated carbocycles. The molecule has 0 radical (unpaired) electrons. The van der Waals surface area contributed by atoms with Gasteiger partial charge in [-0.2, -0.15) is 5.10 Å². The fourth-order valence-electron chi connectivity index (χ4n) is 1.72. The first-order chi connectivity index (χ1) is 9.75. The molecule has 4 nitrogen and oxygen atoms in total. The van der Waals surface area contributed by atoms with Gasteiger partial charge in [0.05, 0.1) is 0 Å². The Hall–Kier alpha value is -2.07. The molecule has 1 aromatic heterocycles. The number of hydrogen-bond acceptors (Lipinski definition) is 2. The molecule has 1 aromatic carbocycles. The summed E-state index contributed by atoms with van der Waals surface area (Å²) in [4.78, 5) is 11.6. The van der Waals surface area contributed by atoms with Gasteiger partial charge in [-0.25, -0.2) is 0 Å². The Kier molecular flexibility index (Phi) is 5.38. The Morgan fingerprint density at radius 1 is 1.35 bits per heavy atom. The summed E-state index contributed by atoms with van der Waals surface area (Å²) < 4.78 is 1.84. The predicted molar refractivity (Wildman–Crippen MR) is 80.3 cm³/mol. The van der Waals surface area contributed by atoms with E-state index in [4.69, 9.17) is 11.6 Å². The van der Waals surface area contributed by atoms with Crippen LogP contribution in [0, 0.1) is 0 Å². The third kappa shape index (κ3) is 4.55. The molecule has 0 aliphatic carbocycles. The maximum atomic E-state index is 11.6. The van der Waals surface area contributed by atoms with Crippen LogP contribution in [0.5, 0.6) is 0 Å². The molecule has 0 aliphatic heterocycles. The largest absolute Gasteiger partial charge is 0.352 e. The minimum Gasteiger partial charge on any atom is -0.352 e. The number of carbonyl (C=O) groups is 1. The zero-order valence-corrected chi connectivity index (χ0v) is 11.8. The van der Waals surface area contributed by atoms with Crippen molar-refractivity contribution < 1.29 is 4.79 Å². The number of aromatic nitrogens is 2. The second-order valence-corrected chi connectivity index (χ2v) is 4.68. The number of amides is 1. The average molecular weight is 290 g/mol. The van der Waals surface area contributed by atoms with Crippen molar-refractivity contribution in [2.24, 2.45) is 0 Å². The van der Waals surface area contributed by atoms with Crippen LogP contribution in [0.15, 0.2) is 48.8 Å². The summed E-state index contributed by atoms with van der Waals surface area (Å²) >= 11 is 6.00. The molecule has 104 valence electrons. The van der Waals surface area contributed by atoms with Gasteiger partial charge in [0.2, 0.25) is 5.91 Å². The molecule has 5 heteroatoms. The second kappa shape index (κ2) is 7.50. The zero-order chi connectivity index (χ0) is 14.2. The molecule has 0 bridgehead atoms. The van der Waals surface area contributed by atoms with Crippen molar-refractivity contribution in [2.75, 3.05) is 6.54 Å². The van der Waals surface area contributed by atoms with Gasteiger partial charge in [0.25, 0.3) is 0 Å². The summed E-state index contributed by atoms with van der Waals surface area (Å²) in [6, 6.07) is 9.28. The van der Waals surface area contributed by atoms with Crippen molar-refractivity contribution in [2.45, 2.75) is 13.0 Å². The highest BCUT2D eigenvalue weighted by Crippen LogP contribution is 2.15. The maximum Gasteiger partial charge on any atom is 0.244 e. The van der Waals surface area contributed by atoms with Gasteiger partial charge in [-0.15, -0.1) is 0 Å². The van der Waals surface area contributed by atoms with E-state index in [1.54, 1.807) is 18.3 Å². The summed E-state index contributed by atoms with van der Waals surface area (Å²) in [7, 11) is 0.